The normalized spacial score (nSPS) is 11.0. The Labute approximate surface area is 136 Å². The van der Waals surface area contributed by atoms with Gasteiger partial charge < -0.3 is 14.9 Å². The Bertz CT molecular complexity index is 843. The van der Waals surface area contributed by atoms with Gasteiger partial charge in [-0.15, -0.1) is 0 Å². The van der Waals surface area contributed by atoms with Crippen LogP contribution in [0.25, 0.3) is 21.9 Å². The number of ether oxygens (including phenoxy) is 1. The van der Waals surface area contributed by atoms with Gasteiger partial charge in [-0.25, -0.2) is 0 Å². The zero-order valence-corrected chi connectivity index (χ0v) is 13.6. The van der Waals surface area contributed by atoms with E-state index in [2.05, 4.69) is 15.9 Å². The summed E-state index contributed by atoms with van der Waals surface area (Å²) in [4.78, 5) is 0. The number of methoxy groups -OCH3 is 1. The molecular formula is C18H15BrO3. The summed E-state index contributed by atoms with van der Waals surface area (Å²) >= 11 is 3.31. The topological polar surface area (TPSA) is 49.7 Å². The lowest BCUT2D eigenvalue weighted by molar-refractivity contribution is 0.185. The van der Waals surface area contributed by atoms with Crippen LogP contribution < -0.4 is 0 Å². The second-order valence-electron chi connectivity index (χ2n) is 5.04. The van der Waals surface area contributed by atoms with Gasteiger partial charge in [0.25, 0.3) is 0 Å². The van der Waals surface area contributed by atoms with Crippen molar-refractivity contribution in [2.24, 2.45) is 0 Å². The highest BCUT2D eigenvalue weighted by molar-refractivity contribution is 9.10. The first-order valence-electron chi connectivity index (χ1n) is 6.84. The van der Waals surface area contributed by atoms with Gasteiger partial charge in [-0.1, -0.05) is 36.4 Å². The van der Waals surface area contributed by atoms with Crippen molar-refractivity contribution in [2.75, 3.05) is 7.11 Å². The average Bonchev–Trinajstić information content (AvgIpc) is 2.53. The molecule has 0 spiro atoms. The molecule has 3 aromatic rings. The molecule has 4 heteroatoms. The van der Waals surface area contributed by atoms with Gasteiger partial charge in [0, 0.05) is 12.7 Å². The molecule has 0 bridgehead atoms. The molecule has 0 atom stereocenters. The lowest BCUT2D eigenvalue weighted by Crippen LogP contribution is -1.95. The van der Waals surface area contributed by atoms with E-state index in [-0.39, 0.29) is 11.5 Å². The van der Waals surface area contributed by atoms with Crippen LogP contribution >= 0.6 is 15.9 Å². The molecule has 2 N–H and O–H groups in total. The first-order valence-corrected chi connectivity index (χ1v) is 7.63. The Kier molecular flexibility index (Phi) is 4.05. The molecule has 22 heavy (non-hydrogen) atoms. The molecule has 0 aliphatic rings. The molecule has 0 amide bonds. The van der Waals surface area contributed by atoms with Crippen LogP contribution in [0.5, 0.6) is 11.5 Å². The van der Waals surface area contributed by atoms with Crippen molar-refractivity contribution >= 4 is 26.7 Å². The number of hydrogen-bond acceptors (Lipinski definition) is 3. The minimum atomic E-state index is 0.0220. The molecule has 112 valence electrons. The smallest absolute Gasteiger partial charge is 0.141 e. The molecule has 0 radical (unpaired) electrons. The van der Waals surface area contributed by atoms with Crippen LogP contribution in [0.4, 0.5) is 0 Å². The molecule has 0 aromatic heterocycles. The number of halogens is 1. The highest BCUT2D eigenvalue weighted by Crippen LogP contribution is 2.45. The summed E-state index contributed by atoms with van der Waals surface area (Å²) in [6, 6.07) is 15.0. The second kappa shape index (κ2) is 5.99. The van der Waals surface area contributed by atoms with E-state index in [1.54, 1.807) is 19.2 Å². The third-order valence-electron chi connectivity index (χ3n) is 3.67. The van der Waals surface area contributed by atoms with Crippen molar-refractivity contribution in [3.8, 4) is 22.6 Å². The summed E-state index contributed by atoms with van der Waals surface area (Å²) in [7, 11) is 1.62. The number of phenolic OH excluding ortho intramolecular Hbond substituents is 2. The number of phenols is 2. The lowest BCUT2D eigenvalue weighted by Gasteiger charge is -2.16. The van der Waals surface area contributed by atoms with Crippen molar-refractivity contribution in [1.82, 2.24) is 0 Å². The number of rotatable bonds is 3. The molecular weight excluding hydrogens is 344 g/mol. The molecule has 0 heterocycles. The summed E-state index contributed by atoms with van der Waals surface area (Å²) in [5.41, 5.74) is 2.11. The number of fused-ring (bicyclic) bond motifs is 1. The predicted molar refractivity (Wildman–Crippen MR) is 91.1 cm³/mol. The minimum absolute atomic E-state index is 0.0220. The van der Waals surface area contributed by atoms with Crippen molar-refractivity contribution < 1.29 is 14.9 Å². The summed E-state index contributed by atoms with van der Waals surface area (Å²) in [5, 5.41) is 22.7. The number of benzene rings is 3. The second-order valence-corrected chi connectivity index (χ2v) is 5.90. The minimum Gasteiger partial charge on any atom is -0.507 e. The van der Waals surface area contributed by atoms with Crippen molar-refractivity contribution in [3.63, 3.8) is 0 Å². The van der Waals surface area contributed by atoms with E-state index in [1.165, 1.54) is 0 Å². The molecule has 0 saturated carbocycles. The maximum atomic E-state index is 10.4. The molecule has 0 aliphatic heterocycles. The van der Waals surface area contributed by atoms with E-state index in [4.69, 9.17) is 4.74 Å². The summed E-state index contributed by atoms with van der Waals surface area (Å²) in [6.07, 6.45) is 0. The van der Waals surface area contributed by atoms with Gasteiger partial charge in [0.15, 0.2) is 0 Å². The van der Waals surface area contributed by atoms with E-state index in [0.717, 1.165) is 21.9 Å². The molecule has 3 rings (SSSR count). The van der Waals surface area contributed by atoms with Gasteiger partial charge in [0.2, 0.25) is 0 Å². The van der Waals surface area contributed by atoms with Crippen LogP contribution in [0, 0.1) is 0 Å². The summed E-state index contributed by atoms with van der Waals surface area (Å²) in [6.45, 7) is 0.394. The zero-order valence-electron chi connectivity index (χ0n) is 12.0. The monoisotopic (exact) mass is 358 g/mol. The molecule has 0 fully saturated rings. The Morgan fingerprint density at radius 2 is 1.73 bits per heavy atom. The Balaban J connectivity index is 2.43. The fourth-order valence-electron chi connectivity index (χ4n) is 2.69. The SMILES string of the molecule is COCc1ccc2ccccc2c1-c1c(O)ccc(Br)c1O. The largest absolute Gasteiger partial charge is 0.507 e. The zero-order chi connectivity index (χ0) is 15.7. The van der Waals surface area contributed by atoms with Gasteiger partial charge in [-0.3, -0.25) is 0 Å². The maximum Gasteiger partial charge on any atom is 0.141 e. The third kappa shape index (κ3) is 2.45. The van der Waals surface area contributed by atoms with E-state index in [9.17, 15) is 10.2 Å². The summed E-state index contributed by atoms with van der Waals surface area (Å²) in [5.74, 6) is 0.0584. The fourth-order valence-corrected chi connectivity index (χ4v) is 3.02. The number of aromatic hydroxyl groups is 2. The predicted octanol–water partition coefficient (Wildman–Crippen LogP) is 4.83. The van der Waals surface area contributed by atoms with Gasteiger partial charge >= 0.3 is 0 Å². The van der Waals surface area contributed by atoms with Gasteiger partial charge in [-0.05, 0) is 44.4 Å². The Hall–Kier alpha value is -2.04. The van der Waals surface area contributed by atoms with Gasteiger partial charge in [0.05, 0.1) is 16.6 Å². The summed E-state index contributed by atoms with van der Waals surface area (Å²) < 4.78 is 5.81. The van der Waals surface area contributed by atoms with E-state index < -0.39 is 0 Å². The van der Waals surface area contributed by atoms with E-state index >= 15 is 0 Å². The number of hydrogen-bond donors (Lipinski definition) is 2. The van der Waals surface area contributed by atoms with Crippen LogP contribution in [0.15, 0.2) is 53.0 Å². The molecule has 0 saturated heterocycles. The molecule has 0 unspecified atom stereocenters. The molecule has 0 aliphatic carbocycles. The van der Waals surface area contributed by atoms with Crippen LogP contribution in [0.2, 0.25) is 0 Å². The van der Waals surface area contributed by atoms with Gasteiger partial charge in [-0.2, -0.15) is 0 Å². The highest BCUT2D eigenvalue weighted by Gasteiger charge is 2.19. The van der Waals surface area contributed by atoms with Crippen molar-refractivity contribution in [2.45, 2.75) is 6.61 Å². The maximum absolute atomic E-state index is 10.4. The highest BCUT2D eigenvalue weighted by atomic mass is 79.9. The van der Waals surface area contributed by atoms with Crippen molar-refractivity contribution in [3.05, 3.63) is 58.6 Å². The van der Waals surface area contributed by atoms with E-state index in [1.807, 2.05) is 36.4 Å². The van der Waals surface area contributed by atoms with Crippen molar-refractivity contribution in [1.29, 1.82) is 0 Å². The third-order valence-corrected chi connectivity index (χ3v) is 4.31. The fraction of sp³-hybridized carbons (Fsp3) is 0.111. The Morgan fingerprint density at radius 3 is 2.50 bits per heavy atom. The average molecular weight is 359 g/mol. The van der Waals surface area contributed by atoms with E-state index in [0.29, 0.717) is 16.6 Å². The van der Waals surface area contributed by atoms with Crippen LogP contribution in [0.3, 0.4) is 0 Å². The first-order chi connectivity index (χ1) is 10.6. The Morgan fingerprint density at radius 1 is 0.955 bits per heavy atom. The lowest BCUT2D eigenvalue weighted by atomic mass is 9.92. The standard InChI is InChI=1S/C18H15BrO3/c1-22-10-12-7-6-11-4-2-3-5-13(11)16(12)17-15(20)9-8-14(19)18(17)21/h2-9,20-21H,10H2,1H3. The molecule has 3 nitrogen and oxygen atoms in total. The van der Waals surface area contributed by atoms with Crippen LogP contribution in [0.1, 0.15) is 5.56 Å². The first kappa shape index (κ1) is 14.9. The quantitative estimate of drug-likeness (QED) is 0.705. The van der Waals surface area contributed by atoms with Crippen LogP contribution in [-0.2, 0) is 11.3 Å². The molecule has 3 aromatic carbocycles. The van der Waals surface area contributed by atoms with Gasteiger partial charge in [0.1, 0.15) is 11.5 Å². The van der Waals surface area contributed by atoms with Crippen LogP contribution in [-0.4, -0.2) is 17.3 Å².